The fourth-order valence-electron chi connectivity index (χ4n) is 2.55. The van der Waals surface area contributed by atoms with Crippen LogP contribution in [0.15, 0.2) is 28.9 Å². The standard InChI is InChI=1S/C17H18N4O3/c1-9(12-5-4-11(22-2)7-13(12)23-3)6-10-8-24-16-14(10)15(18)20-17(19)21-16/h4-8H,1-3H3,(H4,18,19,20,21)/b9-6-. The fraction of sp³-hybridized carbons (Fsp3) is 0.176. The van der Waals surface area contributed by atoms with E-state index in [0.29, 0.717) is 16.8 Å². The fourth-order valence-corrected chi connectivity index (χ4v) is 2.55. The van der Waals surface area contributed by atoms with Gasteiger partial charge in [-0.15, -0.1) is 0 Å². The van der Waals surface area contributed by atoms with Crippen molar-refractivity contribution in [3.05, 3.63) is 35.6 Å². The molecule has 0 fully saturated rings. The van der Waals surface area contributed by atoms with Crippen molar-refractivity contribution in [2.24, 2.45) is 0 Å². The van der Waals surface area contributed by atoms with Gasteiger partial charge in [-0.3, -0.25) is 0 Å². The molecule has 0 bridgehead atoms. The van der Waals surface area contributed by atoms with Crippen LogP contribution in [0.4, 0.5) is 11.8 Å². The summed E-state index contributed by atoms with van der Waals surface area (Å²) >= 11 is 0. The summed E-state index contributed by atoms with van der Waals surface area (Å²) in [5.74, 6) is 1.81. The van der Waals surface area contributed by atoms with Crippen LogP contribution in [0.3, 0.4) is 0 Å². The number of methoxy groups -OCH3 is 2. The highest BCUT2D eigenvalue weighted by Gasteiger charge is 2.13. The summed E-state index contributed by atoms with van der Waals surface area (Å²) in [5.41, 5.74) is 14.6. The Kier molecular flexibility index (Phi) is 3.99. The molecule has 24 heavy (non-hydrogen) atoms. The minimum atomic E-state index is 0.0819. The first-order valence-electron chi connectivity index (χ1n) is 7.24. The molecule has 3 aromatic rings. The molecule has 0 aliphatic rings. The number of allylic oxidation sites excluding steroid dienone is 1. The molecule has 7 heteroatoms. The molecule has 4 N–H and O–H groups in total. The van der Waals surface area contributed by atoms with E-state index in [1.807, 2.05) is 31.2 Å². The number of anilines is 2. The summed E-state index contributed by atoms with van der Waals surface area (Å²) in [6.45, 7) is 1.97. The van der Waals surface area contributed by atoms with Crippen molar-refractivity contribution in [2.45, 2.75) is 6.92 Å². The van der Waals surface area contributed by atoms with Crippen LogP contribution in [-0.2, 0) is 0 Å². The third kappa shape index (κ3) is 2.71. The van der Waals surface area contributed by atoms with Gasteiger partial charge in [-0.25, -0.2) is 0 Å². The van der Waals surface area contributed by atoms with E-state index in [4.69, 9.17) is 25.4 Å². The third-order valence-corrected chi connectivity index (χ3v) is 3.71. The molecule has 0 aliphatic carbocycles. The van der Waals surface area contributed by atoms with Crippen LogP contribution in [0.5, 0.6) is 11.5 Å². The number of nitrogens with two attached hydrogens (primary N) is 2. The Morgan fingerprint density at radius 2 is 1.96 bits per heavy atom. The van der Waals surface area contributed by atoms with E-state index >= 15 is 0 Å². The van der Waals surface area contributed by atoms with Gasteiger partial charge in [-0.2, -0.15) is 9.97 Å². The van der Waals surface area contributed by atoms with Gasteiger partial charge >= 0.3 is 0 Å². The van der Waals surface area contributed by atoms with E-state index in [9.17, 15) is 0 Å². The maximum Gasteiger partial charge on any atom is 0.233 e. The Balaban J connectivity index is 2.09. The van der Waals surface area contributed by atoms with Crippen LogP contribution in [0.2, 0.25) is 0 Å². The number of nitrogens with zero attached hydrogens (tertiary/aromatic N) is 2. The van der Waals surface area contributed by atoms with E-state index in [-0.39, 0.29) is 11.8 Å². The first-order valence-corrected chi connectivity index (χ1v) is 7.24. The lowest BCUT2D eigenvalue weighted by molar-refractivity contribution is 0.393. The minimum absolute atomic E-state index is 0.0819. The lowest BCUT2D eigenvalue weighted by atomic mass is 10.0. The molecule has 0 amide bonds. The molecule has 0 atom stereocenters. The molecule has 2 heterocycles. The number of aromatic nitrogens is 2. The van der Waals surface area contributed by atoms with Gasteiger partial charge in [0.15, 0.2) is 0 Å². The minimum Gasteiger partial charge on any atom is -0.497 e. The molecule has 124 valence electrons. The summed E-state index contributed by atoms with van der Waals surface area (Å²) in [7, 11) is 3.23. The lowest BCUT2D eigenvalue weighted by Crippen LogP contribution is -1.99. The van der Waals surface area contributed by atoms with Crippen LogP contribution >= 0.6 is 0 Å². The van der Waals surface area contributed by atoms with Crippen LogP contribution in [0, 0.1) is 0 Å². The predicted octanol–water partition coefficient (Wildman–Crippen LogP) is 2.96. The monoisotopic (exact) mass is 326 g/mol. The van der Waals surface area contributed by atoms with Crippen molar-refractivity contribution < 1.29 is 13.9 Å². The first kappa shape index (κ1) is 15.7. The zero-order valence-electron chi connectivity index (χ0n) is 13.7. The molecule has 3 rings (SSSR count). The van der Waals surface area contributed by atoms with Crippen molar-refractivity contribution in [1.82, 2.24) is 9.97 Å². The quantitative estimate of drug-likeness (QED) is 0.758. The molecule has 0 aliphatic heterocycles. The number of hydrogen-bond donors (Lipinski definition) is 2. The Morgan fingerprint density at radius 3 is 2.67 bits per heavy atom. The zero-order valence-corrected chi connectivity index (χ0v) is 13.7. The van der Waals surface area contributed by atoms with Gasteiger partial charge in [0.1, 0.15) is 23.6 Å². The summed E-state index contributed by atoms with van der Waals surface area (Å²) in [4.78, 5) is 8.03. The van der Waals surface area contributed by atoms with E-state index in [2.05, 4.69) is 9.97 Å². The molecule has 1 aromatic carbocycles. The molecular weight excluding hydrogens is 308 g/mol. The van der Waals surface area contributed by atoms with Crippen LogP contribution in [-0.4, -0.2) is 24.2 Å². The summed E-state index contributed by atoms with van der Waals surface area (Å²) in [6, 6.07) is 5.64. The Hall–Kier alpha value is -3.22. The van der Waals surface area contributed by atoms with Crippen LogP contribution in [0.25, 0.3) is 22.7 Å². The second kappa shape index (κ2) is 6.11. The smallest absolute Gasteiger partial charge is 0.233 e. The molecule has 0 saturated carbocycles. The van der Waals surface area contributed by atoms with Gasteiger partial charge in [0.2, 0.25) is 11.7 Å². The highest BCUT2D eigenvalue weighted by atomic mass is 16.5. The molecule has 7 nitrogen and oxygen atoms in total. The first-order chi connectivity index (χ1) is 11.5. The van der Waals surface area contributed by atoms with E-state index in [0.717, 1.165) is 22.4 Å². The van der Waals surface area contributed by atoms with Gasteiger partial charge < -0.3 is 25.4 Å². The summed E-state index contributed by atoms with van der Waals surface area (Å²) in [6.07, 6.45) is 3.51. The second-order valence-corrected chi connectivity index (χ2v) is 5.23. The normalized spacial score (nSPS) is 11.7. The average Bonchev–Trinajstić information content (AvgIpc) is 2.96. The van der Waals surface area contributed by atoms with E-state index < -0.39 is 0 Å². The number of nitrogen functional groups attached to an aromatic ring is 2. The topological polar surface area (TPSA) is 109 Å². The summed E-state index contributed by atoms with van der Waals surface area (Å²) in [5, 5.41) is 0.635. The van der Waals surface area contributed by atoms with Gasteiger partial charge in [0.25, 0.3) is 0 Å². The highest BCUT2D eigenvalue weighted by molar-refractivity contribution is 5.97. The molecule has 2 aromatic heterocycles. The largest absolute Gasteiger partial charge is 0.497 e. The number of rotatable bonds is 4. The Labute approximate surface area is 138 Å². The number of hydrogen-bond acceptors (Lipinski definition) is 7. The molecule has 0 spiro atoms. The van der Waals surface area contributed by atoms with Crippen LogP contribution < -0.4 is 20.9 Å². The lowest BCUT2D eigenvalue weighted by Gasteiger charge is -2.10. The highest BCUT2D eigenvalue weighted by Crippen LogP contribution is 2.33. The van der Waals surface area contributed by atoms with Gasteiger partial charge in [0.05, 0.1) is 19.6 Å². The van der Waals surface area contributed by atoms with E-state index in [1.165, 1.54) is 0 Å². The third-order valence-electron chi connectivity index (χ3n) is 3.71. The van der Waals surface area contributed by atoms with Crippen molar-refractivity contribution >= 4 is 34.5 Å². The SMILES string of the molecule is COc1ccc(/C(C)=C\c2coc3nc(N)nc(N)c23)c(OC)c1. The molecule has 0 unspecified atom stereocenters. The van der Waals surface area contributed by atoms with Gasteiger partial charge in [-0.05, 0) is 30.7 Å². The van der Waals surface area contributed by atoms with Crippen molar-refractivity contribution in [2.75, 3.05) is 25.7 Å². The molecular formula is C17H18N4O3. The number of furan rings is 1. The number of fused-ring (bicyclic) bond motifs is 1. The second-order valence-electron chi connectivity index (χ2n) is 5.23. The number of ether oxygens (including phenoxy) is 2. The maximum absolute atomic E-state index is 5.95. The van der Waals surface area contributed by atoms with Crippen molar-refractivity contribution in [1.29, 1.82) is 0 Å². The Bertz CT molecular complexity index is 931. The van der Waals surface area contributed by atoms with Crippen LogP contribution in [0.1, 0.15) is 18.1 Å². The Morgan fingerprint density at radius 1 is 1.17 bits per heavy atom. The maximum atomic E-state index is 5.95. The number of benzene rings is 1. The zero-order chi connectivity index (χ0) is 17.3. The van der Waals surface area contributed by atoms with Gasteiger partial charge in [-0.1, -0.05) is 0 Å². The average molecular weight is 326 g/mol. The van der Waals surface area contributed by atoms with E-state index in [1.54, 1.807) is 20.5 Å². The van der Waals surface area contributed by atoms with Gasteiger partial charge in [0, 0.05) is 17.2 Å². The molecule has 0 saturated heterocycles. The predicted molar refractivity (Wildman–Crippen MR) is 93.7 cm³/mol. The van der Waals surface area contributed by atoms with Crippen molar-refractivity contribution in [3.63, 3.8) is 0 Å². The molecule has 0 radical (unpaired) electrons. The van der Waals surface area contributed by atoms with Crippen molar-refractivity contribution in [3.8, 4) is 11.5 Å². The summed E-state index contributed by atoms with van der Waals surface area (Å²) < 4.78 is 16.1.